The molecule has 0 bridgehead atoms. The van der Waals surface area contributed by atoms with Crippen molar-refractivity contribution in [3.8, 4) is 17.2 Å². The van der Waals surface area contributed by atoms with Crippen molar-refractivity contribution in [1.29, 1.82) is 0 Å². The molecule has 158 valence electrons. The molecule has 5 heteroatoms. The Kier molecular flexibility index (Phi) is 7.40. The normalized spacial score (nSPS) is 16.4. The van der Waals surface area contributed by atoms with E-state index in [4.69, 9.17) is 14.2 Å². The predicted molar refractivity (Wildman–Crippen MR) is 117 cm³/mol. The maximum Gasteiger partial charge on any atom is 0.203 e. The third-order valence-corrected chi connectivity index (χ3v) is 5.90. The van der Waals surface area contributed by atoms with E-state index in [-0.39, 0.29) is 5.54 Å². The van der Waals surface area contributed by atoms with E-state index in [1.807, 2.05) is 12.1 Å². The lowest BCUT2D eigenvalue weighted by Gasteiger charge is -2.34. The van der Waals surface area contributed by atoms with Crippen molar-refractivity contribution in [3.05, 3.63) is 53.6 Å². The second-order valence-corrected chi connectivity index (χ2v) is 7.90. The molecular formula is C24H34N2O3. The summed E-state index contributed by atoms with van der Waals surface area (Å²) in [4.78, 5) is 0. The number of methoxy groups -OCH3 is 3. The highest BCUT2D eigenvalue weighted by Crippen LogP contribution is 2.38. The summed E-state index contributed by atoms with van der Waals surface area (Å²) in [6, 6.07) is 15.0. The fourth-order valence-electron chi connectivity index (χ4n) is 4.39. The van der Waals surface area contributed by atoms with Gasteiger partial charge in [-0.05, 0) is 43.0 Å². The highest BCUT2D eigenvalue weighted by Gasteiger charge is 2.34. The lowest BCUT2D eigenvalue weighted by atomic mass is 9.94. The van der Waals surface area contributed by atoms with Gasteiger partial charge in [0.05, 0.1) is 21.3 Å². The van der Waals surface area contributed by atoms with E-state index in [1.54, 1.807) is 21.3 Å². The lowest BCUT2D eigenvalue weighted by molar-refractivity contribution is 0.284. The summed E-state index contributed by atoms with van der Waals surface area (Å²) < 4.78 is 16.4. The van der Waals surface area contributed by atoms with Crippen LogP contribution in [0.1, 0.15) is 49.8 Å². The van der Waals surface area contributed by atoms with Gasteiger partial charge in [-0.15, -0.1) is 0 Å². The molecule has 2 aromatic carbocycles. The Bertz CT molecular complexity index is 748. The number of hydrogen-bond acceptors (Lipinski definition) is 5. The maximum atomic E-state index is 5.48. The first-order valence-corrected chi connectivity index (χ1v) is 10.4. The van der Waals surface area contributed by atoms with Crippen molar-refractivity contribution >= 4 is 0 Å². The Balaban J connectivity index is 1.65. The SMILES string of the molecule is COc1cc(CNCC2(NC(C)c3ccccc3)CCCC2)cc(OC)c1OC. The van der Waals surface area contributed by atoms with Gasteiger partial charge in [-0.25, -0.2) is 0 Å². The van der Waals surface area contributed by atoms with Gasteiger partial charge in [-0.2, -0.15) is 0 Å². The molecule has 1 unspecified atom stereocenters. The summed E-state index contributed by atoms with van der Waals surface area (Å²) in [5.41, 5.74) is 2.59. The molecule has 0 aromatic heterocycles. The van der Waals surface area contributed by atoms with Crippen LogP contribution in [-0.4, -0.2) is 33.4 Å². The first-order valence-electron chi connectivity index (χ1n) is 10.4. The summed E-state index contributed by atoms with van der Waals surface area (Å²) in [7, 11) is 4.93. The van der Waals surface area contributed by atoms with Crippen LogP contribution in [0.15, 0.2) is 42.5 Å². The Morgan fingerprint density at radius 3 is 2.10 bits per heavy atom. The van der Waals surface area contributed by atoms with Gasteiger partial charge in [-0.3, -0.25) is 0 Å². The van der Waals surface area contributed by atoms with Crippen LogP contribution >= 0.6 is 0 Å². The third-order valence-electron chi connectivity index (χ3n) is 5.90. The number of nitrogens with one attached hydrogen (secondary N) is 2. The van der Waals surface area contributed by atoms with Crippen LogP contribution in [0.5, 0.6) is 17.2 Å². The zero-order chi connectivity index (χ0) is 20.7. The average Bonchev–Trinajstić information content (AvgIpc) is 3.21. The van der Waals surface area contributed by atoms with Gasteiger partial charge in [-0.1, -0.05) is 43.2 Å². The smallest absolute Gasteiger partial charge is 0.203 e. The number of rotatable bonds is 10. The van der Waals surface area contributed by atoms with E-state index >= 15 is 0 Å². The van der Waals surface area contributed by atoms with Gasteiger partial charge in [0, 0.05) is 24.7 Å². The van der Waals surface area contributed by atoms with Crippen molar-refractivity contribution in [2.75, 3.05) is 27.9 Å². The third kappa shape index (κ3) is 5.22. The van der Waals surface area contributed by atoms with Gasteiger partial charge in [0.15, 0.2) is 11.5 Å². The Morgan fingerprint density at radius 1 is 0.931 bits per heavy atom. The molecule has 0 heterocycles. The number of ether oxygens (including phenoxy) is 3. The molecule has 2 aromatic rings. The minimum Gasteiger partial charge on any atom is -0.493 e. The molecule has 1 saturated carbocycles. The molecule has 5 nitrogen and oxygen atoms in total. The summed E-state index contributed by atoms with van der Waals surface area (Å²) >= 11 is 0. The van der Waals surface area contributed by atoms with Crippen LogP contribution in [0.3, 0.4) is 0 Å². The molecule has 1 aliphatic rings. The summed E-state index contributed by atoms with van der Waals surface area (Å²) in [6.45, 7) is 3.94. The van der Waals surface area contributed by atoms with Crippen LogP contribution in [0.4, 0.5) is 0 Å². The first-order chi connectivity index (χ1) is 14.1. The monoisotopic (exact) mass is 398 g/mol. The van der Waals surface area contributed by atoms with Gasteiger partial charge in [0.2, 0.25) is 5.75 Å². The fourth-order valence-corrected chi connectivity index (χ4v) is 4.39. The molecule has 0 aliphatic heterocycles. The second kappa shape index (κ2) is 9.99. The molecule has 3 rings (SSSR count). The lowest BCUT2D eigenvalue weighted by Crippen LogP contribution is -2.51. The molecular weight excluding hydrogens is 364 g/mol. The van der Waals surface area contributed by atoms with Crippen molar-refractivity contribution in [3.63, 3.8) is 0 Å². The largest absolute Gasteiger partial charge is 0.493 e. The summed E-state index contributed by atoms with van der Waals surface area (Å²) in [5, 5.41) is 7.59. The van der Waals surface area contributed by atoms with Crippen LogP contribution in [0, 0.1) is 0 Å². The van der Waals surface area contributed by atoms with E-state index in [0.29, 0.717) is 23.3 Å². The minimum atomic E-state index is 0.135. The molecule has 0 radical (unpaired) electrons. The minimum absolute atomic E-state index is 0.135. The summed E-state index contributed by atoms with van der Waals surface area (Å²) in [6.07, 6.45) is 4.96. The van der Waals surface area contributed by atoms with E-state index in [9.17, 15) is 0 Å². The zero-order valence-corrected chi connectivity index (χ0v) is 18.1. The number of benzene rings is 2. The van der Waals surface area contributed by atoms with Gasteiger partial charge in [0.1, 0.15) is 0 Å². The Morgan fingerprint density at radius 2 is 1.55 bits per heavy atom. The Labute approximate surface area is 174 Å². The Hall–Kier alpha value is -2.24. The van der Waals surface area contributed by atoms with E-state index in [2.05, 4.69) is 47.9 Å². The van der Waals surface area contributed by atoms with Gasteiger partial charge >= 0.3 is 0 Å². The molecule has 1 fully saturated rings. The highest BCUT2D eigenvalue weighted by molar-refractivity contribution is 5.53. The molecule has 0 spiro atoms. The first kappa shape index (κ1) is 21.5. The molecule has 0 amide bonds. The van der Waals surface area contributed by atoms with Gasteiger partial charge in [0.25, 0.3) is 0 Å². The van der Waals surface area contributed by atoms with Crippen LogP contribution < -0.4 is 24.8 Å². The molecule has 29 heavy (non-hydrogen) atoms. The topological polar surface area (TPSA) is 51.8 Å². The van der Waals surface area contributed by atoms with Crippen molar-refractivity contribution in [1.82, 2.24) is 10.6 Å². The van der Waals surface area contributed by atoms with Crippen molar-refractivity contribution < 1.29 is 14.2 Å². The summed E-state index contributed by atoms with van der Waals surface area (Å²) in [5.74, 6) is 2.01. The predicted octanol–water partition coefficient (Wildman–Crippen LogP) is 4.47. The second-order valence-electron chi connectivity index (χ2n) is 7.90. The van der Waals surface area contributed by atoms with Crippen LogP contribution in [-0.2, 0) is 6.54 Å². The highest BCUT2D eigenvalue weighted by atomic mass is 16.5. The average molecular weight is 399 g/mol. The van der Waals surface area contributed by atoms with E-state index < -0.39 is 0 Å². The maximum absolute atomic E-state index is 5.48. The molecule has 2 N–H and O–H groups in total. The standard InChI is InChI=1S/C24H34N2O3/c1-18(20-10-6-5-7-11-20)26-24(12-8-9-13-24)17-25-16-19-14-21(27-2)23(29-4)22(15-19)28-3/h5-7,10-11,14-15,18,25-26H,8-9,12-13,16-17H2,1-4H3. The quantitative estimate of drug-likeness (QED) is 0.619. The van der Waals surface area contributed by atoms with E-state index in [1.165, 1.54) is 31.2 Å². The zero-order valence-electron chi connectivity index (χ0n) is 18.1. The van der Waals surface area contributed by atoms with Crippen molar-refractivity contribution in [2.24, 2.45) is 0 Å². The number of hydrogen-bond donors (Lipinski definition) is 2. The van der Waals surface area contributed by atoms with Crippen molar-refractivity contribution in [2.45, 2.75) is 50.7 Å². The molecule has 0 saturated heterocycles. The fraction of sp³-hybridized carbons (Fsp3) is 0.500. The van der Waals surface area contributed by atoms with E-state index in [0.717, 1.165) is 18.7 Å². The molecule has 1 aliphatic carbocycles. The van der Waals surface area contributed by atoms with Gasteiger partial charge < -0.3 is 24.8 Å². The van der Waals surface area contributed by atoms with Crippen LogP contribution in [0.2, 0.25) is 0 Å². The van der Waals surface area contributed by atoms with Crippen LogP contribution in [0.25, 0.3) is 0 Å². The molecule has 1 atom stereocenters.